The maximum Gasteiger partial charge on any atom is 0.206 e. The van der Waals surface area contributed by atoms with Gasteiger partial charge in [-0.2, -0.15) is 0 Å². The highest BCUT2D eigenvalue weighted by Gasteiger charge is 2.22. The Kier molecular flexibility index (Phi) is 5.79. The van der Waals surface area contributed by atoms with Gasteiger partial charge in [0.05, 0.1) is 42.2 Å². The van der Waals surface area contributed by atoms with E-state index in [1.165, 1.54) is 7.11 Å². The van der Waals surface area contributed by atoms with Crippen molar-refractivity contribution in [3.63, 3.8) is 0 Å². The summed E-state index contributed by atoms with van der Waals surface area (Å²) in [5.41, 5.74) is 0.453. The number of fused-ring (bicyclic) bond motifs is 2. The molecule has 1 aromatic heterocycles. The van der Waals surface area contributed by atoms with Crippen LogP contribution in [0.25, 0.3) is 21.9 Å². The van der Waals surface area contributed by atoms with E-state index in [9.17, 15) is 4.79 Å². The van der Waals surface area contributed by atoms with Crippen LogP contribution >= 0.6 is 15.9 Å². The summed E-state index contributed by atoms with van der Waals surface area (Å²) in [6.45, 7) is 6.86. The first kappa shape index (κ1) is 19.4. The van der Waals surface area contributed by atoms with Gasteiger partial charge in [-0.3, -0.25) is 4.79 Å². The van der Waals surface area contributed by atoms with E-state index >= 15 is 0 Å². The van der Waals surface area contributed by atoms with Crippen LogP contribution in [0.1, 0.15) is 20.8 Å². The van der Waals surface area contributed by atoms with Crippen LogP contribution in [0, 0.1) is 0 Å². The van der Waals surface area contributed by atoms with Gasteiger partial charge in [-0.25, -0.2) is 0 Å². The summed E-state index contributed by atoms with van der Waals surface area (Å²) in [5.74, 6) is 1.76. The molecule has 3 aromatic rings. The van der Waals surface area contributed by atoms with Crippen molar-refractivity contribution in [2.24, 2.45) is 0 Å². The first-order chi connectivity index (χ1) is 13.1. The summed E-state index contributed by atoms with van der Waals surface area (Å²) >= 11 is 3.44. The van der Waals surface area contributed by atoms with Crippen LogP contribution in [0.4, 0.5) is 0 Å². The lowest BCUT2D eigenvalue weighted by molar-refractivity contribution is 0.287. The monoisotopic (exact) mass is 436 g/mol. The summed E-state index contributed by atoms with van der Waals surface area (Å²) < 4.78 is 29.3. The van der Waals surface area contributed by atoms with Crippen LogP contribution < -0.4 is 24.4 Å². The van der Waals surface area contributed by atoms with Crippen LogP contribution in [-0.2, 0) is 0 Å². The van der Waals surface area contributed by atoms with E-state index in [0.717, 1.165) is 0 Å². The second-order valence-corrected chi connectivity index (χ2v) is 6.45. The van der Waals surface area contributed by atoms with Gasteiger partial charge >= 0.3 is 0 Å². The maximum atomic E-state index is 13.1. The van der Waals surface area contributed by atoms with Gasteiger partial charge in [0.2, 0.25) is 16.9 Å². The molecule has 0 saturated carbocycles. The molecule has 6 nitrogen and oxygen atoms in total. The van der Waals surface area contributed by atoms with Gasteiger partial charge < -0.3 is 23.4 Å². The SMILES string of the molecule is CCOc1ccc2c(=O)c3cc(Br)c(OC)c(OCC)c3oc2c1OCC. The lowest BCUT2D eigenvalue weighted by atomic mass is 10.1. The molecule has 0 radical (unpaired) electrons. The van der Waals surface area contributed by atoms with Crippen LogP contribution in [0.2, 0.25) is 0 Å². The van der Waals surface area contributed by atoms with Crippen molar-refractivity contribution in [3.05, 3.63) is 32.9 Å². The highest BCUT2D eigenvalue weighted by molar-refractivity contribution is 9.10. The zero-order valence-corrected chi connectivity index (χ0v) is 17.3. The van der Waals surface area contributed by atoms with Gasteiger partial charge in [0.15, 0.2) is 22.7 Å². The molecule has 0 atom stereocenters. The molecule has 0 saturated heterocycles. The molecule has 0 spiro atoms. The summed E-state index contributed by atoms with van der Waals surface area (Å²) in [5, 5.41) is 0.805. The fourth-order valence-corrected chi connectivity index (χ4v) is 3.52. The van der Waals surface area contributed by atoms with Crippen molar-refractivity contribution in [2.75, 3.05) is 26.9 Å². The Bertz CT molecular complexity index is 1040. The average Bonchev–Trinajstić information content (AvgIpc) is 2.65. The Morgan fingerprint density at radius 3 is 2.15 bits per heavy atom. The van der Waals surface area contributed by atoms with E-state index in [0.29, 0.717) is 69.2 Å². The third kappa shape index (κ3) is 3.32. The lowest BCUT2D eigenvalue weighted by Crippen LogP contribution is -2.07. The number of benzene rings is 2. The van der Waals surface area contributed by atoms with Crippen molar-refractivity contribution in [1.82, 2.24) is 0 Å². The minimum Gasteiger partial charge on any atom is -0.492 e. The normalized spacial score (nSPS) is 11.0. The smallest absolute Gasteiger partial charge is 0.206 e. The molecule has 27 heavy (non-hydrogen) atoms. The van der Waals surface area contributed by atoms with Gasteiger partial charge in [0.25, 0.3) is 0 Å². The Morgan fingerprint density at radius 2 is 1.52 bits per heavy atom. The second kappa shape index (κ2) is 8.08. The Balaban J connectivity index is 2.48. The fraction of sp³-hybridized carbons (Fsp3) is 0.350. The van der Waals surface area contributed by atoms with E-state index in [2.05, 4.69) is 15.9 Å². The fourth-order valence-electron chi connectivity index (χ4n) is 2.95. The number of hydrogen-bond donors (Lipinski definition) is 0. The Hall–Kier alpha value is -2.41. The molecule has 3 rings (SSSR count). The van der Waals surface area contributed by atoms with E-state index in [4.69, 9.17) is 23.4 Å². The average molecular weight is 437 g/mol. The molecule has 0 aliphatic heterocycles. The summed E-state index contributed by atoms with van der Waals surface area (Å²) in [7, 11) is 1.53. The largest absolute Gasteiger partial charge is 0.492 e. The molecule has 0 aliphatic carbocycles. The molecule has 0 unspecified atom stereocenters. The number of halogens is 1. The number of hydrogen-bond acceptors (Lipinski definition) is 6. The van der Waals surface area contributed by atoms with Crippen LogP contribution in [-0.4, -0.2) is 26.9 Å². The van der Waals surface area contributed by atoms with Gasteiger partial charge in [-0.05, 0) is 54.9 Å². The van der Waals surface area contributed by atoms with Crippen molar-refractivity contribution in [2.45, 2.75) is 20.8 Å². The molecular weight excluding hydrogens is 416 g/mol. The number of rotatable bonds is 7. The van der Waals surface area contributed by atoms with Crippen molar-refractivity contribution < 1.29 is 23.4 Å². The molecule has 0 amide bonds. The topological polar surface area (TPSA) is 67.1 Å². The second-order valence-electron chi connectivity index (χ2n) is 5.60. The standard InChI is InChI=1S/C20H21BrO6/c1-5-24-14-9-8-11-15(22)12-10-13(21)18(23-4)20(26-7-3)17(12)27-16(11)19(14)25-6-2/h8-10H,5-7H2,1-4H3. The van der Waals surface area contributed by atoms with Crippen LogP contribution in [0.3, 0.4) is 0 Å². The molecule has 0 aliphatic rings. The van der Waals surface area contributed by atoms with Gasteiger partial charge in [-0.1, -0.05) is 0 Å². The first-order valence-electron chi connectivity index (χ1n) is 8.75. The predicted molar refractivity (Wildman–Crippen MR) is 108 cm³/mol. The van der Waals surface area contributed by atoms with E-state index < -0.39 is 0 Å². The summed E-state index contributed by atoms with van der Waals surface area (Å²) in [6.07, 6.45) is 0. The molecule has 1 heterocycles. The molecule has 0 fully saturated rings. The minimum absolute atomic E-state index is 0.181. The third-order valence-electron chi connectivity index (χ3n) is 4.00. The molecule has 7 heteroatoms. The number of methoxy groups -OCH3 is 1. The summed E-state index contributed by atoms with van der Waals surface area (Å²) in [6, 6.07) is 5.09. The zero-order chi connectivity index (χ0) is 19.6. The highest BCUT2D eigenvalue weighted by Crippen LogP contribution is 2.44. The molecule has 0 bridgehead atoms. The minimum atomic E-state index is -0.181. The van der Waals surface area contributed by atoms with E-state index in [1.807, 2.05) is 20.8 Å². The molecular formula is C20H21BrO6. The van der Waals surface area contributed by atoms with E-state index in [1.54, 1.807) is 18.2 Å². The van der Waals surface area contributed by atoms with Crippen molar-refractivity contribution in [1.29, 1.82) is 0 Å². The van der Waals surface area contributed by atoms with Crippen LogP contribution in [0.5, 0.6) is 23.0 Å². The highest BCUT2D eigenvalue weighted by atomic mass is 79.9. The first-order valence-corrected chi connectivity index (χ1v) is 9.54. The number of ether oxygens (including phenoxy) is 4. The van der Waals surface area contributed by atoms with E-state index in [-0.39, 0.29) is 5.43 Å². The Morgan fingerprint density at radius 1 is 0.889 bits per heavy atom. The Labute approximate surface area is 165 Å². The lowest BCUT2D eigenvalue weighted by Gasteiger charge is -2.16. The van der Waals surface area contributed by atoms with Crippen molar-refractivity contribution >= 4 is 37.9 Å². The molecule has 2 aromatic carbocycles. The third-order valence-corrected chi connectivity index (χ3v) is 4.58. The predicted octanol–water partition coefficient (Wildman–Crippen LogP) is 4.91. The quantitative estimate of drug-likeness (QED) is 0.490. The molecule has 0 N–H and O–H groups in total. The van der Waals surface area contributed by atoms with Gasteiger partial charge in [0.1, 0.15) is 0 Å². The zero-order valence-electron chi connectivity index (χ0n) is 15.7. The van der Waals surface area contributed by atoms with Gasteiger partial charge in [-0.15, -0.1) is 0 Å². The maximum absolute atomic E-state index is 13.1. The van der Waals surface area contributed by atoms with Crippen LogP contribution in [0.15, 0.2) is 31.9 Å². The van der Waals surface area contributed by atoms with Gasteiger partial charge in [0, 0.05) is 0 Å². The summed E-state index contributed by atoms with van der Waals surface area (Å²) in [4.78, 5) is 13.1. The molecule has 144 valence electrons. The van der Waals surface area contributed by atoms with Crippen molar-refractivity contribution in [3.8, 4) is 23.0 Å².